The summed E-state index contributed by atoms with van der Waals surface area (Å²) in [6.07, 6.45) is 5.52. The number of carbonyl (C=O) groups excluding carboxylic acids is 2. The van der Waals surface area contributed by atoms with Crippen molar-refractivity contribution in [2.75, 3.05) is 13.7 Å². The lowest BCUT2D eigenvalue weighted by atomic mass is 9.61. The van der Waals surface area contributed by atoms with Gasteiger partial charge in [0.15, 0.2) is 0 Å². The maximum Gasteiger partial charge on any atom is 0.338 e. The molecule has 0 aliphatic heterocycles. The van der Waals surface area contributed by atoms with Gasteiger partial charge in [-0.25, -0.2) is 4.79 Å². The zero-order chi connectivity index (χ0) is 19.9. The number of aldehydes is 1. The number of rotatable bonds is 8. The van der Waals surface area contributed by atoms with E-state index in [0.717, 1.165) is 18.3 Å². The van der Waals surface area contributed by atoms with Gasteiger partial charge in [-0.2, -0.15) is 0 Å². The number of ether oxygens (including phenoxy) is 2. The van der Waals surface area contributed by atoms with E-state index in [1.54, 1.807) is 19.2 Å². The van der Waals surface area contributed by atoms with Crippen molar-refractivity contribution in [1.82, 2.24) is 0 Å². The number of hydrogen-bond donors (Lipinski definition) is 0. The minimum absolute atomic E-state index is 0.346. The molecule has 0 bridgehead atoms. The molecular formula is C23H30O4. The Morgan fingerprint density at radius 1 is 1.30 bits per heavy atom. The maximum absolute atomic E-state index is 12.7. The van der Waals surface area contributed by atoms with Crippen LogP contribution in [0.4, 0.5) is 0 Å². The fourth-order valence-electron chi connectivity index (χ4n) is 4.02. The predicted octanol–water partition coefficient (Wildman–Crippen LogP) is 4.76. The molecule has 4 nitrogen and oxygen atoms in total. The van der Waals surface area contributed by atoms with E-state index in [1.165, 1.54) is 5.57 Å². The normalized spacial score (nSPS) is 24.9. The molecule has 0 aromatic heterocycles. The molecule has 1 aromatic rings. The monoisotopic (exact) mass is 370 g/mol. The van der Waals surface area contributed by atoms with E-state index in [4.69, 9.17) is 9.47 Å². The summed E-state index contributed by atoms with van der Waals surface area (Å²) in [5.41, 5.74) is 2.03. The molecule has 0 heterocycles. The van der Waals surface area contributed by atoms with E-state index in [9.17, 15) is 9.59 Å². The van der Waals surface area contributed by atoms with Crippen LogP contribution in [0.15, 0.2) is 54.1 Å². The summed E-state index contributed by atoms with van der Waals surface area (Å²) in [5, 5.41) is 0. The van der Waals surface area contributed by atoms with Crippen molar-refractivity contribution in [3.05, 3.63) is 59.7 Å². The molecule has 0 radical (unpaired) electrons. The first-order valence-corrected chi connectivity index (χ1v) is 9.46. The summed E-state index contributed by atoms with van der Waals surface area (Å²) in [5.74, 6) is -0.745. The van der Waals surface area contributed by atoms with Gasteiger partial charge in [0.1, 0.15) is 12.4 Å². The van der Waals surface area contributed by atoms with Gasteiger partial charge in [0.05, 0.1) is 12.2 Å². The molecule has 1 fully saturated rings. The standard InChI is InChI=1S/C23H30O4/c1-17(2)9-8-14-23(16-26-4)20(15-24)18(3)12-13-21(23)27-22(25)19-10-6-5-7-11-19/h5-7,9-11,15,20-21H,3,8,12-14,16H2,1-2,4H3/t20-,21+,23-/m0/s1. The first-order valence-electron chi connectivity index (χ1n) is 9.46. The average Bonchev–Trinajstić information content (AvgIpc) is 2.65. The second-order valence-corrected chi connectivity index (χ2v) is 7.56. The van der Waals surface area contributed by atoms with Crippen LogP contribution in [0.25, 0.3) is 0 Å². The molecule has 4 heteroatoms. The second kappa shape index (κ2) is 9.65. The van der Waals surface area contributed by atoms with Crippen LogP contribution in [-0.4, -0.2) is 32.1 Å². The lowest BCUT2D eigenvalue weighted by Gasteiger charge is -2.47. The van der Waals surface area contributed by atoms with Crippen molar-refractivity contribution in [1.29, 1.82) is 0 Å². The van der Waals surface area contributed by atoms with Crippen LogP contribution in [-0.2, 0) is 14.3 Å². The van der Waals surface area contributed by atoms with E-state index in [2.05, 4.69) is 12.7 Å². The first kappa shape index (κ1) is 21.1. The molecule has 1 aliphatic rings. The summed E-state index contributed by atoms with van der Waals surface area (Å²) in [4.78, 5) is 24.7. The Labute approximate surface area is 162 Å². The summed E-state index contributed by atoms with van der Waals surface area (Å²) in [6, 6.07) is 8.96. The number of allylic oxidation sites excluding steroid dienone is 3. The lowest BCUT2D eigenvalue weighted by molar-refractivity contribution is -0.128. The van der Waals surface area contributed by atoms with Crippen LogP contribution in [0, 0.1) is 11.3 Å². The largest absolute Gasteiger partial charge is 0.458 e. The highest BCUT2D eigenvalue weighted by Crippen LogP contribution is 2.48. The maximum atomic E-state index is 12.7. The van der Waals surface area contributed by atoms with Gasteiger partial charge in [0.25, 0.3) is 0 Å². The molecule has 2 rings (SSSR count). The van der Waals surface area contributed by atoms with Crippen LogP contribution in [0.3, 0.4) is 0 Å². The summed E-state index contributed by atoms with van der Waals surface area (Å²) in [7, 11) is 1.62. The van der Waals surface area contributed by atoms with Crippen LogP contribution in [0.1, 0.15) is 49.9 Å². The minimum atomic E-state index is -0.595. The summed E-state index contributed by atoms with van der Waals surface area (Å²) < 4.78 is 11.5. The van der Waals surface area contributed by atoms with Gasteiger partial charge < -0.3 is 14.3 Å². The summed E-state index contributed by atoms with van der Waals surface area (Å²) in [6.45, 7) is 8.56. The average molecular weight is 370 g/mol. The van der Waals surface area contributed by atoms with Gasteiger partial charge in [-0.3, -0.25) is 0 Å². The van der Waals surface area contributed by atoms with Crippen molar-refractivity contribution >= 4 is 12.3 Å². The first-order chi connectivity index (χ1) is 12.9. The third-order valence-corrected chi connectivity index (χ3v) is 5.40. The Morgan fingerprint density at radius 2 is 2.00 bits per heavy atom. The zero-order valence-corrected chi connectivity index (χ0v) is 16.6. The highest BCUT2D eigenvalue weighted by atomic mass is 16.5. The molecule has 1 aliphatic carbocycles. The predicted molar refractivity (Wildman–Crippen MR) is 107 cm³/mol. The quantitative estimate of drug-likeness (QED) is 0.376. The number of esters is 1. The molecule has 0 spiro atoms. The smallest absolute Gasteiger partial charge is 0.338 e. The van der Waals surface area contributed by atoms with Crippen molar-refractivity contribution in [3.63, 3.8) is 0 Å². The van der Waals surface area contributed by atoms with Gasteiger partial charge >= 0.3 is 5.97 Å². The molecule has 0 N–H and O–H groups in total. The second-order valence-electron chi connectivity index (χ2n) is 7.56. The lowest BCUT2D eigenvalue weighted by Crippen LogP contribution is -2.51. The highest BCUT2D eigenvalue weighted by Gasteiger charge is 2.51. The molecule has 1 aromatic carbocycles. The minimum Gasteiger partial charge on any atom is -0.458 e. The fourth-order valence-corrected chi connectivity index (χ4v) is 4.02. The molecule has 0 saturated heterocycles. The Morgan fingerprint density at radius 3 is 2.59 bits per heavy atom. The van der Waals surface area contributed by atoms with Crippen LogP contribution in [0.2, 0.25) is 0 Å². The third-order valence-electron chi connectivity index (χ3n) is 5.40. The zero-order valence-electron chi connectivity index (χ0n) is 16.6. The SMILES string of the molecule is C=C1CC[C@@H](OC(=O)c2ccccc2)[C@@](CCC=C(C)C)(COC)[C@H]1C=O. The van der Waals surface area contributed by atoms with Crippen molar-refractivity contribution in [2.24, 2.45) is 11.3 Å². The van der Waals surface area contributed by atoms with Crippen molar-refractivity contribution in [2.45, 2.75) is 45.6 Å². The third kappa shape index (κ3) is 4.95. The van der Waals surface area contributed by atoms with Crippen LogP contribution >= 0.6 is 0 Å². The Bertz CT molecular complexity index is 688. The van der Waals surface area contributed by atoms with Gasteiger partial charge in [0.2, 0.25) is 0 Å². The number of benzene rings is 1. The fraction of sp³-hybridized carbons (Fsp3) is 0.478. The Hall–Kier alpha value is -2.20. The van der Waals surface area contributed by atoms with Gasteiger partial charge in [-0.05, 0) is 51.7 Å². The Kier molecular flexibility index (Phi) is 7.55. The van der Waals surface area contributed by atoms with Crippen molar-refractivity contribution in [3.8, 4) is 0 Å². The van der Waals surface area contributed by atoms with Crippen LogP contribution in [0.5, 0.6) is 0 Å². The number of carbonyl (C=O) groups is 2. The van der Waals surface area contributed by atoms with Gasteiger partial charge in [-0.1, -0.05) is 42.0 Å². The van der Waals surface area contributed by atoms with Gasteiger partial charge in [-0.15, -0.1) is 0 Å². The molecular weight excluding hydrogens is 340 g/mol. The van der Waals surface area contributed by atoms with E-state index in [-0.39, 0.29) is 11.9 Å². The molecule has 146 valence electrons. The van der Waals surface area contributed by atoms with Crippen LogP contribution < -0.4 is 0 Å². The number of hydrogen-bond acceptors (Lipinski definition) is 4. The highest BCUT2D eigenvalue weighted by molar-refractivity contribution is 5.89. The molecule has 0 unspecified atom stereocenters. The molecule has 1 saturated carbocycles. The summed E-state index contributed by atoms with van der Waals surface area (Å²) >= 11 is 0. The Balaban J connectivity index is 2.34. The van der Waals surface area contributed by atoms with E-state index < -0.39 is 11.5 Å². The molecule has 3 atom stereocenters. The molecule has 0 amide bonds. The molecule has 27 heavy (non-hydrogen) atoms. The van der Waals surface area contributed by atoms with E-state index in [1.807, 2.05) is 32.0 Å². The van der Waals surface area contributed by atoms with E-state index >= 15 is 0 Å². The van der Waals surface area contributed by atoms with Gasteiger partial charge in [0, 0.05) is 18.4 Å². The number of methoxy groups -OCH3 is 1. The topological polar surface area (TPSA) is 52.6 Å². The van der Waals surface area contributed by atoms with Crippen molar-refractivity contribution < 1.29 is 19.1 Å². The van der Waals surface area contributed by atoms with E-state index in [0.29, 0.717) is 31.4 Å².